The molecular weight excluding hydrogens is 304 g/mol. The maximum atomic E-state index is 12.5. The first kappa shape index (κ1) is 17.2. The minimum absolute atomic E-state index is 0.199. The second-order valence-corrected chi connectivity index (χ2v) is 7.01. The Labute approximate surface area is 144 Å². The summed E-state index contributed by atoms with van der Waals surface area (Å²) in [5.41, 5.74) is 1.00. The Kier molecular flexibility index (Phi) is 5.74. The van der Waals surface area contributed by atoms with Crippen LogP contribution >= 0.6 is 0 Å². The molecule has 2 aliphatic rings. The smallest absolute Gasteiger partial charge is 0.226 e. The van der Waals surface area contributed by atoms with Crippen LogP contribution in [0.1, 0.15) is 18.4 Å². The van der Waals surface area contributed by atoms with Crippen LogP contribution in [0.2, 0.25) is 0 Å². The molecule has 2 N–H and O–H groups in total. The number of carbonyl (C=O) groups is 1. The summed E-state index contributed by atoms with van der Waals surface area (Å²) in [7, 11) is 1.64. The zero-order valence-electron chi connectivity index (χ0n) is 14.4. The summed E-state index contributed by atoms with van der Waals surface area (Å²) in [5, 5.41) is 12.9. The van der Waals surface area contributed by atoms with Gasteiger partial charge < -0.3 is 20.1 Å². The number of aliphatic hydroxyl groups is 1. The van der Waals surface area contributed by atoms with Crippen molar-refractivity contribution in [3.05, 3.63) is 29.8 Å². The van der Waals surface area contributed by atoms with E-state index in [1.54, 1.807) is 7.11 Å². The fraction of sp³-hybridized carbons (Fsp3) is 0.632. The largest absolute Gasteiger partial charge is 0.497 e. The summed E-state index contributed by atoms with van der Waals surface area (Å²) in [6.07, 6.45) is 2.53. The van der Waals surface area contributed by atoms with Crippen LogP contribution in [0.4, 0.5) is 0 Å². The first-order valence-corrected chi connectivity index (χ1v) is 8.93. The van der Waals surface area contributed by atoms with Crippen LogP contribution in [0.3, 0.4) is 0 Å². The highest BCUT2D eigenvalue weighted by molar-refractivity contribution is 5.79. The number of likely N-dealkylation sites (tertiary alicyclic amines) is 1. The quantitative estimate of drug-likeness (QED) is 0.853. The molecule has 2 atom stereocenters. The minimum atomic E-state index is 0.199. The Morgan fingerprint density at radius 3 is 2.83 bits per heavy atom. The maximum Gasteiger partial charge on any atom is 0.226 e. The zero-order valence-corrected chi connectivity index (χ0v) is 14.4. The van der Waals surface area contributed by atoms with Gasteiger partial charge in [-0.1, -0.05) is 12.1 Å². The molecule has 0 bridgehead atoms. The second-order valence-electron chi connectivity index (χ2n) is 7.01. The molecule has 0 saturated carbocycles. The maximum absolute atomic E-state index is 12.5. The number of amides is 1. The van der Waals surface area contributed by atoms with Crippen LogP contribution in [0, 0.1) is 17.8 Å². The topological polar surface area (TPSA) is 61.8 Å². The monoisotopic (exact) mass is 332 g/mol. The van der Waals surface area contributed by atoms with Gasteiger partial charge in [-0.25, -0.2) is 0 Å². The van der Waals surface area contributed by atoms with Gasteiger partial charge in [-0.05, 0) is 54.8 Å². The number of hydrogen-bond donors (Lipinski definition) is 2. The standard InChI is InChI=1S/C19H28N2O3/c1-24-17-4-2-3-14(9-17)10-19(23)21-7-5-15(6-8-21)18-12-20-11-16(18)13-22/h2-4,9,15-16,18,20,22H,5-8,10-13H2,1H3/t16-,18-/m0/s1. The van der Waals surface area contributed by atoms with E-state index in [9.17, 15) is 9.90 Å². The molecule has 3 rings (SSSR count). The number of piperidine rings is 1. The van der Waals surface area contributed by atoms with E-state index in [2.05, 4.69) is 5.32 Å². The van der Waals surface area contributed by atoms with Crippen LogP contribution in [-0.4, -0.2) is 55.8 Å². The van der Waals surface area contributed by atoms with Gasteiger partial charge in [0.15, 0.2) is 0 Å². The van der Waals surface area contributed by atoms with E-state index in [1.165, 1.54) is 0 Å². The van der Waals surface area contributed by atoms with Crippen LogP contribution in [0.5, 0.6) is 5.75 Å². The summed E-state index contributed by atoms with van der Waals surface area (Å²) in [4.78, 5) is 14.5. The lowest BCUT2D eigenvalue weighted by molar-refractivity contribution is -0.132. The highest BCUT2D eigenvalue weighted by Gasteiger charge is 2.35. The summed E-state index contributed by atoms with van der Waals surface area (Å²) in [5.74, 6) is 2.56. The fourth-order valence-electron chi connectivity index (χ4n) is 4.15. The first-order valence-electron chi connectivity index (χ1n) is 8.93. The molecule has 1 aromatic rings. The molecular formula is C19H28N2O3. The summed E-state index contributed by atoms with van der Waals surface area (Å²) >= 11 is 0. The van der Waals surface area contributed by atoms with Crippen molar-refractivity contribution in [2.75, 3.05) is 39.9 Å². The molecule has 132 valence electrons. The van der Waals surface area contributed by atoms with Crippen LogP contribution in [0.15, 0.2) is 24.3 Å². The van der Waals surface area contributed by atoms with E-state index < -0.39 is 0 Å². The Morgan fingerprint density at radius 2 is 2.12 bits per heavy atom. The SMILES string of the molecule is COc1cccc(CC(=O)N2CCC([C@@H]3CNC[C@H]3CO)CC2)c1. The third-order valence-corrected chi connectivity index (χ3v) is 5.61. The van der Waals surface area contributed by atoms with Gasteiger partial charge in [0.25, 0.3) is 0 Å². The lowest BCUT2D eigenvalue weighted by Gasteiger charge is -2.36. The Balaban J connectivity index is 1.51. The van der Waals surface area contributed by atoms with Gasteiger partial charge in [0.1, 0.15) is 5.75 Å². The van der Waals surface area contributed by atoms with Gasteiger partial charge in [-0.3, -0.25) is 4.79 Å². The van der Waals surface area contributed by atoms with Crippen LogP contribution < -0.4 is 10.1 Å². The molecule has 24 heavy (non-hydrogen) atoms. The van der Waals surface area contributed by atoms with Crippen molar-refractivity contribution in [1.82, 2.24) is 10.2 Å². The van der Waals surface area contributed by atoms with Crippen molar-refractivity contribution in [3.63, 3.8) is 0 Å². The third-order valence-electron chi connectivity index (χ3n) is 5.61. The van der Waals surface area contributed by atoms with Gasteiger partial charge in [0.2, 0.25) is 5.91 Å². The Morgan fingerprint density at radius 1 is 1.33 bits per heavy atom. The third kappa shape index (κ3) is 3.90. The van der Waals surface area contributed by atoms with Gasteiger partial charge in [-0.2, -0.15) is 0 Å². The lowest BCUT2D eigenvalue weighted by atomic mass is 9.79. The summed E-state index contributed by atoms with van der Waals surface area (Å²) in [6, 6.07) is 7.73. The molecule has 5 heteroatoms. The first-order chi connectivity index (χ1) is 11.7. The molecule has 2 fully saturated rings. The van der Waals surface area contributed by atoms with Crippen molar-refractivity contribution in [2.45, 2.75) is 19.3 Å². The van der Waals surface area contributed by atoms with E-state index in [4.69, 9.17) is 4.74 Å². The average molecular weight is 332 g/mol. The predicted molar refractivity (Wildman–Crippen MR) is 92.9 cm³/mol. The molecule has 0 aliphatic carbocycles. The molecule has 1 amide bonds. The van der Waals surface area contributed by atoms with E-state index in [-0.39, 0.29) is 12.5 Å². The molecule has 2 aliphatic heterocycles. The van der Waals surface area contributed by atoms with Crippen LogP contribution in [-0.2, 0) is 11.2 Å². The van der Waals surface area contributed by atoms with Crippen molar-refractivity contribution in [3.8, 4) is 5.75 Å². The van der Waals surface area contributed by atoms with Crippen molar-refractivity contribution in [1.29, 1.82) is 0 Å². The number of nitrogens with one attached hydrogen (secondary N) is 1. The number of methoxy groups -OCH3 is 1. The highest BCUT2D eigenvalue weighted by Crippen LogP contribution is 2.32. The Bertz CT molecular complexity index is 555. The molecule has 1 aromatic carbocycles. The molecule has 0 unspecified atom stereocenters. The molecule has 2 saturated heterocycles. The number of hydrogen-bond acceptors (Lipinski definition) is 4. The fourth-order valence-corrected chi connectivity index (χ4v) is 4.15. The van der Waals surface area contributed by atoms with Crippen LogP contribution in [0.25, 0.3) is 0 Å². The summed E-state index contributed by atoms with van der Waals surface area (Å²) in [6.45, 7) is 3.88. The number of carbonyl (C=O) groups excluding carboxylic acids is 1. The molecule has 5 nitrogen and oxygen atoms in total. The van der Waals surface area contributed by atoms with Crippen molar-refractivity contribution >= 4 is 5.91 Å². The van der Waals surface area contributed by atoms with E-state index in [0.29, 0.717) is 24.2 Å². The molecule has 0 aromatic heterocycles. The number of aliphatic hydroxyl groups excluding tert-OH is 1. The Hall–Kier alpha value is -1.59. The van der Waals surface area contributed by atoms with Crippen molar-refractivity contribution < 1.29 is 14.6 Å². The van der Waals surface area contributed by atoms with Crippen molar-refractivity contribution in [2.24, 2.45) is 17.8 Å². The number of benzene rings is 1. The molecule has 2 heterocycles. The van der Waals surface area contributed by atoms with E-state index >= 15 is 0 Å². The predicted octanol–water partition coefficient (Wildman–Crippen LogP) is 1.30. The van der Waals surface area contributed by atoms with Gasteiger partial charge >= 0.3 is 0 Å². The number of rotatable bonds is 5. The van der Waals surface area contributed by atoms with Gasteiger partial charge in [0, 0.05) is 26.2 Å². The number of nitrogens with zero attached hydrogens (tertiary/aromatic N) is 1. The lowest BCUT2D eigenvalue weighted by Crippen LogP contribution is -2.42. The van der Waals surface area contributed by atoms with E-state index in [1.807, 2.05) is 29.2 Å². The van der Waals surface area contributed by atoms with E-state index in [0.717, 1.165) is 50.3 Å². The molecule has 0 spiro atoms. The number of ether oxygens (including phenoxy) is 1. The van der Waals surface area contributed by atoms with Gasteiger partial charge in [0.05, 0.1) is 13.5 Å². The molecule has 0 radical (unpaired) electrons. The highest BCUT2D eigenvalue weighted by atomic mass is 16.5. The zero-order chi connectivity index (χ0) is 16.9. The second kappa shape index (κ2) is 7.99. The average Bonchev–Trinajstić information content (AvgIpc) is 3.10. The van der Waals surface area contributed by atoms with Gasteiger partial charge in [-0.15, -0.1) is 0 Å². The summed E-state index contributed by atoms with van der Waals surface area (Å²) < 4.78 is 5.22. The minimum Gasteiger partial charge on any atom is -0.497 e. The normalized spacial score (nSPS) is 25.0.